The van der Waals surface area contributed by atoms with Gasteiger partial charge in [-0.05, 0) is 12.1 Å². The third-order valence-corrected chi connectivity index (χ3v) is 2.97. The summed E-state index contributed by atoms with van der Waals surface area (Å²) in [7, 11) is 1.71. The van der Waals surface area contributed by atoms with Crippen LogP contribution in [0.1, 0.15) is 11.4 Å². The summed E-state index contributed by atoms with van der Waals surface area (Å²) >= 11 is 0. The van der Waals surface area contributed by atoms with Gasteiger partial charge in [0, 0.05) is 36.3 Å². The van der Waals surface area contributed by atoms with Crippen LogP contribution in [0.15, 0.2) is 24.4 Å². The number of rotatable bonds is 4. The fourth-order valence-electron chi connectivity index (χ4n) is 2.02. The van der Waals surface area contributed by atoms with Crippen molar-refractivity contribution in [2.45, 2.75) is 13.2 Å². The average molecular weight is 275 g/mol. The second-order valence-electron chi connectivity index (χ2n) is 4.48. The van der Waals surface area contributed by atoms with E-state index < -0.39 is 5.82 Å². The summed E-state index contributed by atoms with van der Waals surface area (Å²) in [6, 6.07) is 4.88. The Hall–Kier alpha value is -2.41. The number of fused-ring (bicyclic) bond motifs is 1. The largest absolute Gasteiger partial charge is 0.484 e. The molecule has 3 rings (SSSR count). The first-order valence-corrected chi connectivity index (χ1v) is 6.15. The van der Waals surface area contributed by atoms with Crippen molar-refractivity contribution < 1.29 is 9.13 Å². The maximum atomic E-state index is 13.9. The van der Waals surface area contributed by atoms with E-state index in [1.54, 1.807) is 19.3 Å². The number of nitrogens with zero attached hydrogens (tertiary/aromatic N) is 3. The van der Waals surface area contributed by atoms with Crippen molar-refractivity contribution in [2.75, 3.05) is 0 Å². The molecule has 0 fully saturated rings. The fraction of sp³-hybridized carbons (Fsp3) is 0.231. The Morgan fingerprint density at radius 3 is 2.95 bits per heavy atom. The molecule has 0 amide bonds. The molecule has 3 N–H and O–H groups in total. The number of hydrogen-bond donors (Lipinski definition) is 2. The number of aromatic nitrogens is 4. The molecular formula is C13H14FN5O. The fourth-order valence-corrected chi connectivity index (χ4v) is 2.02. The molecule has 6 nitrogen and oxygen atoms in total. The number of halogens is 1. The highest BCUT2D eigenvalue weighted by Crippen LogP contribution is 2.25. The number of nitrogens with one attached hydrogen (secondary N) is 1. The molecule has 0 spiro atoms. The van der Waals surface area contributed by atoms with Gasteiger partial charge in [0.25, 0.3) is 0 Å². The van der Waals surface area contributed by atoms with Crippen LogP contribution in [0.3, 0.4) is 0 Å². The minimum atomic E-state index is -0.413. The minimum Gasteiger partial charge on any atom is -0.484 e. The minimum absolute atomic E-state index is 0.167. The van der Waals surface area contributed by atoms with Crippen molar-refractivity contribution in [1.29, 1.82) is 0 Å². The van der Waals surface area contributed by atoms with Crippen LogP contribution in [0.2, 0.25) is 0 Å². The van der Waals surface area contributed by atoms with Gasteiger partial charge >= 0.3 is 0 Å². The van der Waals surface area contributed by atoms with Gasteiger partial charge < -0.3 is 15.5 Å². The van der Waals surface area contributed by atoms with E-state index in [0.717, 1.165) is 16.6 Å². The number of H-pyrrole nitrogens is 1. The number of aromatic amines is 1. The maximum Gasteiger partial charge on any atom is 0.165 e. The van der Waals surface area contributed by atoms with Crippen molar-refractivity contribution in [1.82, 2.24) is 20.0 Å². The van der Waals surface area contributed by atoms with E-state index in [1.165, 1.54) is 10.9 Å². The van der Waals surface area contributed by atoms with E-state index in [9.17, 15) is 4.39 Å². The Balaban J connectivity index is 1.85. The van der Waals surface area contributed by atoms with Gasteiger partial charge in [-0.3, -0.25) is 0 Å². The summed E-state index contributed by atoms with van der Waals surface area (Å²) in [6.45, 7) is 0.548. The smallest absolute Gasteiger partial charge is 0.165 e. The Morgan fingerprint density at radius 1 is 1.40 bits per heavy atom. The first-order valence-electron chi connectivity index (χ1n) is 6.15. The van der Waals surface area contributed by atoms with E-state index >= 15 is 0 Å². The Kier molecular flexibility index (Phi) is 3.11. The van der Waals surface area contributed by atoms with E-state index in [1.807, 2.05) is 6.07 Å². The molecule has 0 radical (unpaired) electrons. The van der Waals surface area contributed by atoms with E-state index in [4.69, 9.17) is 10.5 Å². The Bertz CT molecular complexity index is 748. The molecule has 0 atom stereocenters. The molecule has 0 aliphatic heterocycles. The Morgan fingerprint density at radius 2 is 2.25 bits per heavy atom. The van der Waals surface area contributed by atoms with Crippen molar-refractivity contribution >= 4 is 10.9 Å². The van der Waals surface area contributed by atoms with Crippen LogP contribution in [-0.4, -0.2) is 20.0 Å². The first-order chi connectivity index (χ1) is 9.65. The molecule has 0 aliphatic carbocycles. The number of nitrogens with two attached hydrogens (primary N) is 1. The SMILES string of the molecule is Cn1ncc(COc2cc3[nH]c(CN)cc3cc2F)n1. The number of benzene rings is 1. The molecule has 20 heavy (non-hydrogen) atoms. The molecule has 0 bridgehead atoms. The number of hydrogen-bond acceptors (Lipinski definition) is 4. The topological polar surface area (TPSA) is 81.8 Å². The van der Waals surface area contributed by atoms with Gasteiger partial charge in [-0.1, -0.05) is 0 Å². The molecule has 3 aromatic rings. The molecule has 0 unspecified atom stereocenters. The maximum absolute atomic E-state index is 13.9. The zero-order chi connectivity index (χ0) is 14.1. The van der Waals surface area contributed by atoms with Gasteiger partial charge in [-0.2, -0.15) is 15.0 Å². The van der Waals surface area contributed by atoms with Crippen molar-refractivity contribution in [3.05, 3.63) is 41.6 Å². The number of aryl methyl sites for hydroxylation is 1. The van der Waals surface area contributed by atoms with E-state index in [2.05, 4.69) is 15.2 Å². The van der Waals surface area contributed by atoms with Crippen molar-refractivity contribution in [3.8, 4) is 5.75 Å². The van der Waals surface area contributed by atoms with Crippen LogP contribution in [0.4, 0.5) is 4.39 Å². The highest BCUT2D eigenvalue weighted by Gasteiger charge is 2.09. The molecule has 2 aromatic heterocycles. The summed E-state index contributed by atoms with van der Waals surface area (Å²) < 4.78 is 19.4. The highest BCUT2D eigenvalue weighted by molar-refractivity contribution is 5.82. The lowest BCUT2D eigenvalue weighted by atomic mass is 10.2. The predicted molar refractivity (Wildman–Crippen MR) is 71.5 cm³/mol. The molecule has 0 saturated carbocycles. The molecule has 2 heterocycles. The lowest BCUT2D eigenvalue weighted by Gasteiger charge is -2.05. The molecular weight excluding hydrogens is 261 g/mol. The van der Waals surface area contributed by atoms with Crippen LogP contribution < -0.4 is 10.5 Å². The molecule has 104 valence electrons. The predicted octanol–water partition coefficient (Wildman–Crippen LogP) is 1.47. The van der Waals surface area contributed by atoms with Crippen LogP contribution in [-0.2, 0) is 20.2 Å². The highest BCUT2D eigenvalue weighted by atomic mass is 19.1. The Labute approximate surface area is 114 Å². The van der Waals surface area contributed by atoms with Gasteiger partial charge in [0.15, 0.2) is 11.6 Å². The van der Waals surface area contributed by atoms with Crippen molar-refractivity contribution in [3.63, 3.8) is 0 Å². The summed E-state index contributed by atoms with van der Waals surface area (Å²) in [5.74, 6) is -0.238. The summed E-state index contributed by atoms with van der Waals surface area (Å²) in [5, 5.41) is 8.77. The quantitative estimate of drug-likeness (QED) is 0.755. The zero-order valence-electron chi connectivity index (χ0n) is 10.9. The molecule has 0 aliphatic rings. The molecule has 0 saturated heterocycles. The van der Waals surface area contributed by atoms with Gasteiger partial charge in [0.1, 0.15) is 12.3 Å². The number of ether oxygens (including phenoxy) is 1. The second-order valence-corrected chi connectivity index (χ2v) is 4.48. The van der Waals surface area contributed by atoms with Crippen LogP contribution in [0.25, 0.3) is 10.9 Å². The van der Waals surface area contributed by atoms with Crippen LogP contribution >= 0.6 is 0 Å². The second kappa shape index (κ2) is 4.93. The third kappa shape index (κ3) is 2.35. The zero-order valence-corrected chi connectivity index (χ0v) is 10.9. The molecule has 7 heteroatoms. The van der Waals surface area contributed by atoms with Crippen molar-refractivity contribution in [2.24, 2.45) is 12.8 Å². The molecule has 1 aromatic carbocycles. The van der Waals surface area contributed by atoms with Gasteiger partial charge in [0.2, 0.25) is 0 Å². The van der Waals surface area contributed by atoms with Gasteiger partial charge in [-0.25, -0.2) is 4.39 Å². The standard InChI is InChI=1S/C13H14FN5O/c1-19-16-6-10(18-19)7-20-13-4-12-8(3-11(13)14)2-9(5-15)17-12/h2-4,6,17H,5,7,15H2,1H3. The average Bonchev–Trinajstić information content (AvgIpc) is 3.01. The van der Waals surface area contributed by atoms with Gasteiger partial charge in [0.05, 0.1) is 6.20 Å². The summed E-state index contributed by atoms with van der Waals surface area (Å²) in [4.78, 5) is 4.54. The van der Waals surface area contributed by atoms with E-state index in [-0.39, 0.29) is 12.4 Å². The summed E-state index contributed by atoms with van der Waals surface area (Å²) in [5.41, 5.74) is 7.84. The lowest BCUT2D eigenvalue weighted by Crippen LogP contribution is -1.99. The van der Waals surface area contributed by atoms with Crippen LogP contribution in [0, 0.1) is 5.82 Å². The summed E-state index contributed by atoms with van der Waals surface area (Å²) in [6.07, 6.45) is 1.58. The third-order valence-electron chi connectivity index (χ3n) is 2.97. The normalized spacial score (nSPS) is 11.2. The van der Waals surface area contributed by atoms with Crippen LogP contribution in [0.5, 0.6) is 5.75 Å². The van der Waals surface area contributed by atoms with E-state index in [0.29, 0.717) is 12.2 Å². The first kappa shape index (κ1) is 12.6. The van der Waals surface area contributed by atoms with Gasteiger partial charge in [-0.15, -0.1) is 0 Å². The lowest BCUT2D eigenvalue weighted by molar-refractivity contribution is 0.285. The monoisotopic (exact) mass is 275 g/mol.